The Hall–Kier alpha value is -1.31. The Bertz CT molecular complexity index is 489. The van der Waals surface area contributed by atoms with Crippen molar-refractivity contribution in [3.63, 3.8) is 0 Å². The molecule has 1 fully saturated rings. The van der Waals surface area contributed by atoms with E-state index in [-0.39, 0.29) is 25.4 Å². The molecule has 1 heterocycles. The number of rotatable bonds is 14. The van der Waals surface area contributed by atoms with E-state index in [1.807, 2.05) is 0 Å². The Morgan fingerprint density at radius 1 is 0.759 bits per heavy atom. The van der Waals surface area contributed by atoms with Gasteiger partial charge in [0, 0.05) is 38.8 Å². The first-order valence-electron chi connectivity index (χ1n) is 10.9. The molecule has 0 atom stereocenters. The molecule has 1 amide bonds. The second kappa shape index (κ2) is 13.1. The van der Waals surface area contributed by atoms with E-state index in [4.69, 9.17) is 5.11 Å². The van der Waals surface area contributed by atoms with Gasteiger partial charge in [-0.3, -0.25) is 9.59 Å². The lowest BCUT2D eigenvalue weighted by Crippen LogP contribution is -2.54. The number of nitrogens with zero attached hydrogens (tertiary/aromatic N) is 1. The number of hydrogen-bond acceptors (Lipinski definition) is 3. The summed E-state index contributed by atoms with van der Waals surface area (Å²) in [5.74, 6) is -0.839. The Balaban J connectivity index is 1.94. The van der Waals surface area contributed by atoms with Crippen LogP contribution >= 0.6 is 0 Å². The number of unbranched alkanes of at least 4 members (excludes halogenated alkanes) is 10. The third-order valence-corrected chi connectivity index (χ3v) is 5.75. The highest BCUT2D eigenvalue weighted by atomic mass is 19.4. The van der Waals surface area contributed by atoms with E-state index in [2.05, 4.69) is 0 Å². The minimum atomic E-state index is -4.64. The van der Waals surface area contributed by atoms with Crippen molar-refractivity contribution in [3.8, 4) is 0 Å². The van der Waals surface area contributed by atoms with E-state index >= 15 is 0 Å². The lowest BCUT2D eigenvalue weighted by atomic mass is 9.90. The highest BCUT2D eigenvalue weighted by Crippen LogP contribution is 2.38. The maximum absolute atomic E-state index is 12.8. The second-order valence-corrected chi connectivity index (χ2v) is 8.19. The van der Waals surface area contributed by atoms with Gasteiger partial charge in [-0.25, -0.2) is 0 Å². The number of aliphatic carboxylic acids is 1. The SMILES string of the molecule is O=C(O)CCCCCCCCCCCCCC(=O)N1CCC(O)(C(F)(F)F)CC1. The number of carbonyl (C=O) groups is 2. The third kappa shape index (κ3) is 10.3. The van der Waals surface area contributed by atoms with E-state index in [0.717, 1.165) is 57.8 Å². The van der Waals surface area contributed by atoms with Crippen molar-refractivity contribution < 1.29 is 33.0 Å². The summed E-state index contributed by atoms with van der Waals surface area (Å²) in [7, 11) is 0. The van der Waals surface area contributed by atoms with Gasteiger partial charge in [-0.15, -0.1) is 0 Å². The molecule has 1 saturated heterocycles. The molecule has 170 valence electrons. The monoisotopic (exact) mass is 423 g/mol. The first-order valence-corrected chi connectivity index (χ1v) is 10.9. The molecule has 0 aromatic carbocycles. The van der Waals surface area contributed by atoms with E-state index in [0.29, 0.717) is 6.42 Å². The van der Waals surface area contributed by atoms with Crippen LogP contribution in [0.4, 0.5) is 13.2 Å². The number of likely N-dealkylation sites (tertiary alicyclic amines) is 1. The van der Waals surface area contributed by atoms with Crippen molar-refractivity contribution in [1.82, 2.24) is 4.90 Å². The van der Waals surface area contributed by atoms with Gasteiger partial charge in [0.1, 0.15) is 0 Å². The quantitative estimate of drug-likeness (QED) is 0.383. The van der Waals surface area contributed by atoms with E-state index < -0.39 is 30.6 Å². The van der Waals surface area contributed by atoms with Gasteiger partial charge < -0.3 is 15.1 Å². The van der Waals surface area contributed by atoms with Gasteiger partial charge in [0.05, 0.1) is 0 Å². The summed E-state index contributed by atoms with van der Waals surface area (Å²) in [6.07, 6.45) is 6.45. The zero-order chi connectivity index (χ0) is 21.8. The van der Waals surface area contributed by atoms with Crippen molar-refractivity contribution in [2.24, 2.45) is 0 Å². The fraction of sp³-hybridized carbons (Fsp3) is 0.905. The average Bonchev–Trinajstić information content (AvgIpc) is 2.64. The summed E-state index contributed by atoms with van der Waals surface area (Å²) >= 11 is 0. The molecule has 1 rings (SSSR count). The van der Waals surface area contributed by atoms with Crippen LogP contribution in [0.25, 0.3) is 0 Å². The second-order valence-electron chi connectivity index (χ2n) is 8.19. The smallest absolute Gasteiger partial charge is 0.417 e. The molecule has 0 aromatic rings. The predicted octanol–water partition coefficient (Wildman–Crippen LogP) is 5.06. The molecule has 0 spiro atoms. The van der Waals surface area contributed by atoms with Crippen molar-refractivity contribution in [2.75, 3.05) is 13.1 Å². The minimum Gasteiger partial charge on any atom is -0.481 e. The molecule has 0 aliphatic carbocycles. The van der Waals surface area contributed by atoms with Gasteiger partial charge >= 0.3 is 12.1 Å². The fourth-order valence-corrected chi connectivity index (χ4v) is 3.71. The molecule has 2 N–H and O–H groups in total. The van der Waals surface area contributed by atoms with Crippen LogP contribution in [-0.4, -0.2) is 51.9 Å². The van der Waals surface area contributed by atoms with E-state index in [9.17, 15) is 27.9 Å². The number of piperidine rings is 1. The maximum atomic E-state index is 12.8. The minimum absolute atomic E-state index is 0.0366. The summed E-state index contributed by atoms with van der Waals surface area (Å²) in [6, 6.07) is 0. The molecule has 0 aromatic heterocycles. The number of halogens is 3. The molecule has 0 bridgehead atoms. The molecule has 5 nitrogen and oxygen atoms in total. The topological polar surface area (TPSA) is 77.8 Å². The van der Waals surface area contributed by atoms with Crippen molar-refractivity contribution >= 4 is 11.9 Å². The molecule has 0 unspecified atom stereocenters. The average molecular weight is 424 g/mol. The lowest BCUT2D eigenvalue weighted by Gasteiger charge is -2.39. The molecular weight excluding hydrogens is 387 g/mol. The standard InChI is InChI=1S/C21H36F3NO4/c22-21(23,24)20(29)14-16-25(17-15-20)18(26)12-10-8-6-4-2-1-3-5-7-9-11-13-19(27)28/h29H,1-17H2,(H,27,28). The number of aliphatic hydroxyl groups is 1. The summed E-state index contributed by atoms with van der Waals surface area (Å²) in [4.78, 5) is 23.9. The summed E-state index contributed by atoms with van der Waals surface area (Å²) in [5.41, 5.74) is -2.65. The number of carboxylic acid groups (broad SMARTS) is 1. The van der Waals surface area contributed by atoms with Crippen LogP contribution in [0.5, 0.6) is 0 Å². The fourth-order valence-electron chi connectivity index (χ4n) is 3.71. The van der Waals surface area contributed by atoms with Gasteiger partial charge in [-0.05, 0) is 12.8 Å². The molecule has 29 heavy (non-hydrogen) atoms. The number of carbonyl (C=O) groups excluding carboxylic acids is 1. The van der Waals surface area contributed by atoms with Crippen LogP contribution in [0, 0.1) is 0 Å². The lowest BCUT2D eigenvalue weighted by molar-refractivity contribution is -0.272. The Kier molecular flexibility index (Phi) is 11.6. The van der Waals surface area contributed by atoms with Crippen LogP contribution in [0.15, 0.2) is 0 Å². The Morgan fingerprint density at radius 2 is 1.14 bits per heavy atom. The summed E-state index contributed by atoms with van der Waals surface area (Å²) in [5, 5.41) is 18.2. The first kappa shape index (κ1) is 25.7. The van der Waals surface area contributed by atoms with Crippen LogP contribution in [0.2, 0.25) is 0 Å². The molecule has 0 radical (unpaired) electrons. The zero-order valence-electron chi connectivity index (χ0n) is 17.3. The van der Waals surface area contributed by atoms with Crippen LogP contribution in [-0.2, 0) is 9.59 Å². The maximum Gasteiger partial charge on any atom is 0.417 e. The van der Waals surface area contributed by atoms with Crippen LogP contribution < -0.4 is 0 Å². The molecule has 8 heteroatoms. The predicted molar refractivity (Wildman–Crippen MR) is 104 cm³/mol. The summed E-state index contributed by atoms with van der Waals surface area (Å²) in [6.45, 7) is -0.0731. The van der Waals surface area contributed by atoms with E-state index in [1.54, 1.807) is 0 Å². The van der Waals surface area contributed by atoms with Gasteiger partial charge in [-0.2, -0.15) is 13.2 Å². The highest BCUT2D eigenvalue weighted by Gasteiger charge is 2.54. The van der Waals surface area contributed by atoms with Crippen molar-refractivity contribution in [1.29, 1.82) is 0 Å². The Labute approximate surface area is 171 Å². The van der Waals surface area contributed by atoms with Gasteiger partial charge in [0.2, 0.25) is 5.91 Å². The van der Waals surface area contributed by atoms with E-state index in [1.165, 1.54) is 17.7 Å². The first-order chi connectivity index (χ1) is 13.7. The normalized spacial score (nSPS) is 16.8. The summed E-state index contributed by atoms with van der Waals surface area (Å²) < 4.78 is 38.3. The molecular formula is C21H36F3NO4. The highest BCUT2D eigenvalue weighted by molar-refractivity contribution is 5.76. The number of amides is 1. The van der Waals surface area contributed by atoms with Gasteiger partial charge in [0.15, 0.2) is 5.60 Å². The number of hydrogen-bond donors (Lipinski definition) is 2. The van der Waals surface area contributed by atoms with Crippen LogP contribution in [0.3, 0.4) is 0 Å². The van der Waals surface area contributed by atoms with Crippen molar-refractivity contribution in [3.05, 3.63) is 0 Å². The number of alkyl halides is 3. The van der Waals surface area contributed by atoms with Gasteiger partial charge in [0.25, 0.3) is 0 Å². The Morgan fingerprint density at radius 3 is 1.52 bits per heavy atom. The van der Waals surface area contributed by atoms with Crippen molar-refractivity contribution in [2.45, 2.75) is 108 Å². The van der Waals surface area contributed by atoms with Crippen LogP contribution in [0.1, 0.15) is 96.3 Å². The molecule has 0 saturated carbocycles. The third-order valence-electron chi connectivity index (χ3n) is 5.75. The largest absolute Gasteiger partial charge is 0.481 e. The van der Waals surface area contributed by atoms with Gasteiger partial charge in [-0.1, -0.05) is 57.8 Å². The molecule has 1 aliphatic rings. The zero-order valence-corrected chi connectivity index (χ0v) is 17.3. The molecule has 1 aliphatic heterocycles. The number of carboxylic acids is 1.